The summed E-state index contributed by atoms with van der Waals surface area (Å²) in [5.41, 5.74) is 2.79. The minimum atomic E-state index is -0.316. The van der Waals surface area contributed by atoms with E-state index in [1.807, 2.05) is 31.2 Å². The lowest BCUT2D eigenvalue weighted by atomic mass is 10.2. The van der Waals surface area contributed by atoms with E-state index in [2.05, 4.69) is 10.6 Å². The molecule has 2 rings (SSSR count). The van der Waals surface area contributed by atoms with Crippen LogP contribution in [-0.2, 0) is 4.79 Å². The maximum atomic E-state index is 12.7. The summed E-state index contributed by atoms with van der Waals surface area (Å²) in [6.45, 7) is 2.58. The number of anilines is 2. The minimum Gasteiger partial charge on any atom is -0.385 e. The number of benzene rings is 2. The summed E-state index contributed by atoms with van der Waals surface area (Å²) in [7, 11) is 0. The first-order valence-corrected chi connectivity index (χ1v) is 6.49. The Morgan fingerprint density at radius 3 is 2.25 bits per heavy atom. The van der Waals surface area contributed by atoms with Gasteiger partial charge in [0.1, 0.15) is 5.82 Å². The average Bonchev–Trinajstić information content (AvgIpc) is 2.44. The Bertz CT molecular complexity index is 564. The highest BCUT2D eigenvalue weighted by atomic mass is 19.1. The standard InChI is InChI=1S/C16H17FN2O/c1-12-2-6-14(7-3-12)18-11-10-16(20)19-15-8-4-13(17)5-9-15/h2-9,18H,10-11H2,1H3,(H,19,20). The fraction of sp³-hybridized carbons (Fsp3) is 0.188. The fourth-order valence-corrected chi connectivity index (χ4v) is 1.75. The summed E-state index contributed by atoms with van der Waals surface area (Å²) in [5.74, 6) is -0.416. The first-order valence-electron chi connectivity index (χ1n) is 6.49. The Hall–Kier alpha value is -2.36. The Balaban J connectivity index is 1.75. The van der Waals surface area contributed by atoms with Gasteiger partial charge in [0.2, 0.25) is 5.91 Å². The molecule has 0 saturated heterocycles. The number of aryl methyl sites for hydroxylation is 1. The van der Waals surface area contributed by atoms with Gasteiger partial charge in [0.05, 0.1) is 0 Å². The molecule has 0 heterocycles. The lowest BCUT2D eigenvalue weighted by Crippen LogP contribution is -2.16. The average molecular weight is 272 g/mol. The van der Waals surface area contributed by atoms with E-state index in [-0.39, 0.29) is 11.7 Å². The van der Waals surface area contributed by atoms with Gasteiger partial charge in [0.15, 0.2) is 0 Å². The van der Waals surface area contributed by atoms with Crippen molar-refractivity contribution in [3.63, 3.8) is 0 Å². The second-order valence-electron chi connectivity index (χ2n) is 4.60. The molecule has 0 aliphatic heterocycles. The highest BCUT2D eigenvalue weighted by Crippen LogP contribution is 2.10. The van der Waals surface area contributed by atoms with E-state index in [4.69, 9.17) is 0 Å². The predicted octanol–water partition coefficient (Wildman–Crippen LogP) is 3.57. The molecule has 0 fully saturated rings. The van der Waals surface area contributed by atoms with Crippen LogP contribution in [0.5, 0.6) is 0 Å². The van der Waals surface area contributed by atoms with Gasteiger partial charge in [-0.05, 0) is 43.3 Å². The smallest absolute Gasteiger partial charge is 0.226 e. The number of halogens is 1. The zero-order chi connectivity index (χ0) is 14.4. The Kier molecular flexibility index (Phi) is 4.71. The van der Waals surface area contributed by atoms with E-state index in [1.54, 1.807) is 12.1 Å². The van der Waals surface area contributed by atoms with Crippen LogP contribution in [0, 0.1) is 12.7 Å². The van der Waals surface area contributed by atoms with Crippen LogP contribution in [0.2, 0.25) is 0 Å². The molecule has 0 unspecified atom stereocenters. The van der Waals surface area contributed by atoms with Gasteiger partial charge >= 0.3 is 0 Å². The maximum Gasteiger partial charge on any atom is 0.226 e. The quantitative estimate of drug-likeness (QED) is 0.873. The van der Waals surface area contributed by atoms with Gasteiger partial charge in [0, 0.05) is 24.3 Å². The minimum absolute atomic E-state index is 0.101. The third kappa shape index (κ3) is 4.39. The number of hydrogen-bond acceptors (Lipinski definition) is 2. The number of carbonyl (C=O) groups excluding carboxylic acids is 1. The first kappa shape index (κ1) is 14.1. The van der Waals surface area contributed by atoms with Gasteiger partial charge in [-0.1, -0.05) is 17.7 Å². The summed E-state index contributed by atoms with van der Waals surface area (Å²) in [6.07, 6.45) is 0.352. The van der Waals surface area contributed by atoms with Crippen molar-refractivity contribution >= 4 is 17.3 Å². The Morgan fingerprint density at radius 1 is 1.00 bits per heavy atom. The zero-order valence-electron chi connectivity index (χ0n) is 11.3. The molecule has 20 heavy (non-hydrogen) atoms. The number of rotatable bonds is 5. The molecule has 0 radical (unpaired) electrons. The molecule has 0 aliphatic rings. The monoisotopic (exact) mass is 272 g/mol. The van der Waals surface area contributed by atoms with Crippen molar-refractivity contribution in [2.75, 3.05) is 17.2 Å². The van der Waals surface area contributed by atoms with Gasteiger partial charge in [-0.15, -0.1) is 0 Å². The van der Waals surface area contributed by atoms with E-state index in [1.165, 1.54) is 17.7 Å². The van der Waals surface area contributed by atoms with E-state index in [0.717, 1.165) is 5.69 Å². The van der Waals surface area contributed by atoms with Gasteiger partial charge in [-0.2, -0.15) is 0 Å². The zero-order valence-corrected chi connectivity index (χ0v) is 11.3. The normalized spacial score (nSPS) is 10.1. The summed E-state index contributed by atoms with van der Waals surface area (Å²) in [6, 6.07) is 13.7. The molecular formula is C16H17FN2O. The molecule has 0 aromatic heterocycles. The first-order chi connectivity index (χ1) is 9.63. The number of hydrogen-bond donors (Lipinski definition) is 2. The molecule has 3 nitrogen and oxygen atoms in total. The summed E-state index contributed by atoms with van der Waals surface area (Å²) in [4.78, 5) is 11.7. The van der Waals surface area contributed by atoms with Crippen LogP contribution < -0.4 is 10.6 Å². The van der Waals surface area contributed by atoms with Crippen LogP contribution in [0.3, 0.4) is 0 Å². The summed E-state index contributed by atoms with van der Waals surface area (Å²) < 4.78 is 12.7. The molecule has 0 saturated carbocycles. The molecule has 0 spiro atoms. The molecular weight excluding hydrogens is 255 g/mol. The van der Waals surface area contributed by atoms with Crippen LogP contribution in [0.1, 0.15) is 12.0 Å². The lowest BCUT2D eigenvalue weighted by molar-refractivity contribution is -0.115. The van der Waals surface area contributed by atoms with E-state index in [9.17, 15) is 9.18 Å². The van der Waals surface area contributed by atoms with Crippen molar-refractivity contribution in [1.29, 1.82) is 0 Å². The second kappa shape index (κ2) is 6.70. The van der Waals surface area contributed by atoms with Crippen molar-refractivity contribution in [1.82, 2.24) is 0 Å². The second-order valence-corrected chi connectivity index (χ2v) is 4.60. The van der Waals surface area contributed by atoms with Crippen molar-refractivity contribution in [3.8, 4) is 0 Å². The molecule has 0 atom stereocenters. The maximum absolute atomic E-state index is 12.7. The van der Waals surface area contributed by atoms with Gasteiger partial charge in [0.25, 0.3) is 0 Å². The lowest BCUT2D eigenvalue weighted by Gasteiger charge is -2.07. The number of nitrogens with one attached hydrogen (secondary N) is 2. The van der Waals surface area contributed by atoms with Gasteiger partial charge < -0.3 is 10.6 Å². The van der Waals surface area contributed by atoms with Gasteiger partial charge in [-0.3, -0.25) is 4.79 Å². The van der Waals surface area contributed by atoms with Crippen molar-refractivity contribution in [3.05, 3.63) is 59.9 Å². The Morgan fingerprint density at radius 2 is 1.60 bits per heavy atom. The van der Waals surface area contributed by atoms with Crippen LogP contribution in [0.4, 0.5) is 15.8 Å². The van der Waals surface area contributed by atoms with Crippen LogP contribution >= 0.6 is 0 Å². The Labute approximate surface area is 117 Å². The van der Waals surface area contributed by atoms with Crippen molar-refractivity contribution < 1.29 is 9.18 Å². The highest BCUT2D eigenvalue weighted by molar-refractivity contribution is 5.90. The van der Waals surface area contributed by atoms with Gasteiger partial charge in [-0.25, -0.2) is 4.39 Å². The molecule has 2 aromatic rings. The van der Waals surface area contributed by atoms with Crippen LogP contribution in [0.15, 0.2) is 48.5 Å². The predicted molar refractivity (Wildman–Crippen MR) is 79.3 cm³/mol. The largest absolute Gasteiger partial charge is 0.385 e. The molecule has 0 aliphatic carbocycles. The molecule has 0 bridgehead atoms. The highest BCUT2D eigenvalue weighted by Gasteiger charge is 2.02. The SMILES string of the molecule is Cc1ccc(NCCC(=O)Nc2ccc(F)cc2)cc1. The van der Waals surface area contributed by atoms with Crippen molar-refractivity contribution in [2.45, 2.75) is 13.3 Å². The van der Waals surface area contributed by atoms with E-state index in [0.29, 0.717) is 18.7 Å². The van der Waals surface area contributed by atoms with E-state index >= 15 is 0 Å². The van der Waals surface area contributed by atoms with Crippen molar-refractivity contribution in [2.24, 2.45) is 0 Å². The number of amides is 1. The fourth-order valence-electron chi connectivity index (χ4n) is 1.75. The summed E-state index contributed by atoms with van der Waals surface area (Å²) >= 11 is 0. The van der Waals surface area contributed by atoms with Crippen LogP contribution in [-0.4, -0.2) is 12.5 Å². The molecule has 4 heteroatoms. The molecule has 104 valence electrons. The molecule has 1 amide bonds. The summed E-state index contributed by atoms with van der Waals surface area (Å²) in [5, 5.41) is 5.90. The van der Waals surface area contributed by atoms with E-state index < -0.39 is 0 Å². The topological polar surface area (TPSA) is 41.1 Å². The molecule has 2 N–H and O–H groups in total. The molecule has 2 aromatic carbocycles. The number of carbonyl (C=O) groups is 1. The third-order valence-electron chi connectivity index (χ3n) is 2.86. The van der Waals surface area contributed by atoms with Crippen LogP contribution in [0.25, 0.3) is 0 Å². The third-order valence-corrected chi connectivity index (χ3v) is 2.86.